The quantitative estimate of drug-likeness (QED) is 0.476. The molecule has 0 aromatic heterocycles. The van der Waals surface area contributed by atoms with Gasteiger partial charge in [-0.2, -0.15) is 0 Å². The third-order valence-electron chi connectivity index (χ3n) is 5.06. The first-order chi connectivity index (χ1) is 15.2. The second-order valence-corrected chi connectivity index (χ2v) is 7.81. The second-order valence-electron chi connectivity index (χ2n) is 7.81. The van der Waals surface area contributed by atoms with E-state index in [9.17, 15) is 22.8 Å². The maximum absolute atomic E-state index is 13.9. The van der Waals surface area contributed by atoms with Crippen LogP contribution in [0.15, 0.2) is 30.3 Å². The first-order valence-corrected chi connectivity index (χ1v) is 10.1. The van der Waals surface area contributed by atoms with Gasteiger partial charge in [0.1, 0.15) is 18.2 Å². The van der Waals surface area contributed by atoms with Crippen molar-refractivity contribution in [3.63, 3.8) is 0 Å². The average molecular weight is 451 g/mol. The van der Waals surface area contributed by atoms with E-state index in [1.165, 1.54) is 18.1 Å². The summed E-state index contributed by atoms with van der Waals surface area (Å²) < 4.78 is 56.7. The predicted molar refractivity (Wildman–Crippen MR) is 108 cm³/mol. The molecule has 0 saturated carbocycles. The fourth-order valence-electron chi connectivity index (χ4n) is 3.43. The van der Waals surface area contributed by atoms with Gasteiger partial charge in [0, 0.05) is 6.54 Å². The van der Waals surface area contributed by atoms with Gasteiger partial charge in [0.05, 0.1) is 19.3 Å². The lowest BCUT2D eigenvalue weighted by Gasteiger charge is -2.35. The molecule has 2 aromatic carbocycles. The number of methoxy groups -OCH3 is 1. The fraction of sp³-hybridized carbons (Fsp3) is 0.391. The molecule has 3 rings (SSSR count). The van der Waals surface area contributed by atoms with Crippen LogP contribution in [-0.4, -0.2) is 37.2 Å². The van der Waals surface area contributed by atoms with Crippen LogP contribution in [0.5, 0.6) is 5.75 Å². The molecule has 0 bridgehead atoms. The Morgan fingerprint density at radius 3 is 2.53 bits per heavy atom. The summed E-state index contributed by atoms with van der Waals surface area (Å²) in [4.78, 5) is 26.3. The molecule has 1 atom stereocenters. The summed E-state index contributed by atoms with van der Waals surface area (Å²) in [5, 5.41) is 0. The number of carbonyl (C=O) groups is 2. The van der Waals surface area contributed by atoms with Gasteiger partial charge < -0.3 is 14.2 Å². The minimum Gasteiger partial charge on any atom is -0.489 e. The van der Waals surface area contributed by atoms with Crippen molar-refractivity contribution in [2.24, 2.45) is 5.92 Å². The number of amides is 1. The Kier molecular flexibility index (Phi) is 7.27. The predicted octanol–water partition coefficient (Wildman–Crippen LogP) is 4.55. The number of esters is 1. The Morgan fingerprint density at radius 2 is 1.84 bits per heavy atom. The van der Waals surface area contributed by atoms with Crippen LogP contribution in [-0.2, 0) is 27.3 Å². The number of ether oxygens (including phenoxy) is 3. The van der Waals surface area contributed by atoms with Gasteiger partial charge in [-0.25, -0.2) is 22.8 Å². The number of hydrogen-bond acceptors (Lipinski definition) is 5. The molecule has 1 aliphatic rings. The van der Waals surface area contributed by atoms with Crippen LogP contribution in [0.1, 0.15) is 36.6 Å². The molecular weight excluding hydrogens is 427 g/mol. The van der Waals surface area contributed by atoms with E-state index >= 15 is 0 Å². The lowest BCUT2D eigenvalue weighted by Crippen LogP contribution is -2.44. The summed E-state index contributed by atoms with van der Waals surface area (Å²) >= 11 is 0. The van der Waals surface area contributed by atoms with Gasteiger partial charge in [0.2, 0.25) is 0 Å². The topological polar surface area (TPSA) is 65.1 Å². The summed E-state index contributed by atoms with van der Waals surface area (Å²) in [6, 6.07) is 5.27. The zero-order valence-electron chi connectivity index (χ0n) is 18.0. The van der Waals surface area contributed by atoms with Crippen molar-refractivity contribution < 1.29 is 37.0 Å². The zero-order chi connectivity index (χ0) is 23.4. The molecule has 0 aliphatic carbocycles. The molecule has 1 amide bonds. The Bertz CT molecular complexity index is 1010. The molecule has 32 heavy (non-hydrogen) atoms. The van der Waals surface area contributed by atoms with Crippen molar-refractivity contribution in [2.75, 3.05) is 20.3 Å². The molecular formula is C23H24F3NO5. The summed E-state index contributed by atoms with van der Waals surface area (Å²) in [7, 11) is 1.23. The highest BCUT2D eigenvalue weighted by molar-refractivity contribution is 5.84. The van der Waals surface area contributed by atoms with Crippen molar-refractivity contribution in [1.82, 2.24) is 4.90 Å². The van der Waals surface area contributed by atoms with E-state index in [1.54, 1.807) is 12.1 Å². The molecule has 0 N–H and O–H groups in total. The van der Waals surface area contributed by atoms with E-state index in [0.717, 1.165) is 6.07 Å². The molecule has 6 nitrogen and oxygen atoms in total. The molecule has 0 fully saturated rings. The van der Waals surface area contributed by atoms with Crippen molar-refractivity contribution in [2.45, 2.75) is 32.9 Å². The van der Waals surface area contributed by atoms with E-state index in [2.05, 4.69) is 0 Å². The highest BCUT2D eigenvalue weighted by atomic mass is 19.2. The monoisotopic (exact) mass is 451 g/mol. The van der Waals surface area contributed by atoms with E-state index in [0.29, 0.717) is 23.6 Å². The molecule has 0 radical (unpaired) electrons. The molecule has 172 valence electrons. The third kappa shape index (κ3) is 4.98. The number of benzene rings is 2. The van der Waals surface area contributed by atoms with Crippen LogP contribution in [0.4, 0.5) is 18.0 Å². The van der Waals surface area contributed by atoms with Gasteiger partial charge in [-0.3, -0.25) is 4.90 Å². The smallest absolute Gasteiger partial charge is 0.410 e. The number of hydrogen-bond donors (Lipinski definition) is 0. The van der Waals surface area contributed by atoms with E-state index < -0.39 is 47.7 Å². The Balaban J connectivity index is 1.81. The van der Waals surface area contributed by atoms with Crippen LogP contribution in [0.25, 0.3) is 0 Å². The van der Waals surface area contributed by atoms with E-state index in [4.69, 9.17) is 14.2 Å². The van der Waals surface area contributed by atoms with Crippen molar-refractivity contribution in [3.05, 3.63) is 64.5 Å². The van der Waals surface area contributed by atoms with Gasteiger partial charge in [-0.1, -0.05) is 19.9 Å². The normalized spacial score (nSPS) is 15.3. The SMILES string of the molecule is COC(=O)C1c2ccc(OCc3c(F)ccc(F)c3F)cc2CCN1C(=O)OCC(C)C. The summed E-state index contributed by atoms with van der Waals surface area (Å²) in [6.45, 7) is 3.72. The minimum absolute atomic E-state index is 0.139. The van der Waals surface area contributed by atoms with Gasteiger partial charge in [0.25, 0.3) is 0 Å². The van der Waals surface area contributed by atoms with Crippen LogP contribution in [0, 0.1) is 23.4 Å². The highest BCUT2D eigenvalue weighted by Crippen LogP contribution is 2.34. The van der Waals surface area contributed by atoms with Crippen molar-refractivity contribution in [1.29, 1.82) is 0 Å². The van der Waals surface area contributed by atoms with E-state index in [1.807, 2.05) is 13.8 Å². The average Bonchev–Trinajstić information content (AvgIpc) is 2.78. The Morgan fingerprint density at radius 1 is 1.12 bits per heavy atom. The molecule has 9 heteroatoms. The molecule has 1 aliphatic heterocycles. The van der Waals surface area contributed by atoms with Crippen molar-refractivity contribution in [3.8, 4) is 5.75 Å². The Hall–Kier alpha value is -3.23. The van der Waals surface area contributed by atoms with Gasteiger partial charge >= 0.3 is 12.1 Å². The number of carbonyl (C=O) groups excluding carboxylic acids is 2. The minimum atomic E-state index is -1.30. The Labute approximate surface area is 183 Å². The van der Waals surface area contributed by atoms with Gasteiger partial charge in [0.15, 0.2) is 17.7 Å². The number of halogens is 3. The third-order valence-corrected chi connectivity index (χ3v) is 5.06. The molecule has 1 unspecified atom stereocenters. The molecule has 0 spiro atoms. The second kappa shape index (κ2) is 9.93. The van der Waals surface area contributed by atoms with Gasteiger partial charge in [-0.05, 0) is 47.7 Å². The van der Waals surface area contributed by atoms with Crippen LogP contribution in [0.3, 0.4) is 0 Å². The lowest BCUT2D eigenvalue weighted by atomic mass is 9.92. The summed E-state index contributed by atoms with van der Waals surface area (Å²) in [5.41, 5.74) is 0.736. The standard InChI is InChI=1S/C23H24F3NO5/c1-13(2)11-32-23(29)27-9-8-14-10-15(4-5-16(14)21(27)22(28)30-3)31-12-17-18(24)6-7-19(25)20(17)26/h4-7,10,13,21H,8-9,11-12H2,1-3H3. The van der Waals surface area contributed by atoms with Crippen LogP contribution >= 0.6 is 0 Å². The number of fused-ring (bicyclic) bond motifs is 1. The van der Waals surface area contributed by atoms with Crippen LogP contribution in [0.2, 0.25) is 0 Å². The van der Waals surface area contributed by atoms with Crippen LogP contribution < -0.4 is 4.74 Å². The summed E-state index contributed by atoms with van der Waals surface area (Å²) in [5.74, 6) is -3.58. The summed E-state index contributed by atoms with van der Waals surface area (Å²) in [6.07, 6.45) is -0.211. The maximum atomic E-state index is 13.9. The maximum Gasteiger partial charge on any atom is 0.410 e. The van der Waals surface area contributed by atoms with Gasteiger partial charge in [-0.15, -0.1) is 0 Å². The molecule has 2 aromatic rings. The largest absolute Gasteiger partial charge is 0.489 e. The van der Waals surface area contributed by atoms with E-state index in [-0.39, 0.29) is 24.8 Å². The number of rotatable bonds is 6. The molecule has 1 heterocycles. The molecule has 0 saturated heterocycles. The van der Waals surface area contributed by atoms with Crippen molar-refractivity contribution >= 4 is 12.1 Å². The first-order valence-electron chi connectivity index (χ1n) is 10.1. The highest BCUT2D eigenvalue weighted by Gasteiger charge is 2.38. The lowest BCUT2D eigenvalue weighted by molar-refractivity contribution is -0.147. The zero-order valence-corrected chi connectivity index (χ0v) is 18.0. The fourth-order valence-corrected chi connectivity index (χ4v) is 3.43. The number of nitrogens with zero attached hydrogens (tertiary/aromatic N) is 1. The first kappa shape index (κ1) is 23.4.